The summed E-state index contributed by atoms with van der Waals surface area (Å²) >= 11 is 0. The number of oxazole rings is 1. The number of ether oxygens (including phenoxy) is 1. The summed E-state index contributed by atoms with van der Waals surface area (Å²) in [4.78, 5) is 4.03. The average Bonchev–Trinajstić information content (AvgIpc) is 2.77. The number of rotatable bonds is 3. The van der Waals surface area contributed by atoms with Crippen LogP contribution in [-0.4, -0.2) is 12.1 Å². The van der Waals surface area contributed by atoms with Gasteiger partial charge in [0.25, 0.3) is 0 Å². The van der Waals surface area contributed by atoms with Crippen LogP contribution in [0.2, 0.25) is 0 Å². The molecule has 1 aromatic heterocycles. The van der Waals surface area contributed by atoms with Crippen molar-refractivity contribution in [1.29, 1.82) is 0 Å². The van der Waals surface area contributed by atoms with Gasteiger partial charge in [0.15, 0.2) is 0 Å². The van der Waals surface area contributed by atoms with E-state index in [1.54, 1.807) is 0 Å². The molecule has 0 atom stereocenters. The number of hydrogen-bond donors (Lipinski definition) is 0. The number of halogens is 3. The first-order valence-corrected chi connectivity index (χ1v) is 5.11. The highest BCUT2D eigenvalue weighted by atomic mass is 19.4. The Balaban J connectivity index is 2.32. The molecule has 3 nitrogen and oxygen atoms in total. The maximum absolute atomic E-state index is 12.5. The summed E-state index contributed by atoms with van der Waals surface area (Å²) in [6.45, 7) is 0.252. The first-order valence-electron chi connectivity index (χ1n) is 5.11. The van der Waals surface area contributed by atoms with Crippen LogP contribution in [0.1, 0.15) is 11.3 Å². The van der Waals surface area contributed by atoms with Crippen molar-refractivity contribution in [3.05, 3.63) is 41.8 Å². The Morgan fingerprint density at radius 1 is 1.33 bits per heavy atom. The molecule has 0 amide bonds. The maximum atomic E-state index is 12.5. The van der Waals surface area contributed by atoms with E-state index in [4.69, 9.17) is 9.15 Å². The third kappa shape index (κ3) is 2.70. The van der Waals surface area contributed by atoms with Crippen molar-refractivity contribution in [2.45, 2.75) is 12.8 Å². The van der Waals surface area contributed by atoms with Gasteiger partial charge in [0.05, 0.1) is 12.2 Å². The summed E-state index contributed by atoms with van der Waals surface area (Å²) in [6, 6.07) is 4.83. The molecule has 0 saturated carbocycles. The minimum Gasteiger partial charge on any atom is -0.444 e. The fraction of sp³-hybridized carbons (Fsp3) is 0.250. The predicted molar refractivity (Wildman–Crippen MR) is 57.7 cm³/mol. The Labute approximate surface area is 101 Å². The fourth-order valence-corrected chi connectivity index (χ4v) is 1.48. The van der Waals surface area contributed by atoms with Crippen LogP contribution in [-0.2, 0) is 17.5 Å². The van der Waals surface area contributed by atoms with Gasteiger partial charge in [0, 0.05) is 12.7 Å². The van der Waals surface area contributed by atoms with Crippen LogP contribution in [0.5, 0.6) is 0 Å². The monoisotopic (exact) mass is 257 g/mol. The number of nitrogens with zero attached hydrogens (tertiary/aromatic N) is 1. The van der Waals surface area contributed by atoms with E-state index in [-0.39, 0.29) is 18.1 Å². The molecule has 0 aliphatic rings. The highest BCUT2D eigenvalue weighted by molar-refractivity contribution is 5.54. The zero-order chi connectivity index (χ0) is 13.2. The van der Waals surface area contributed by atoms with Crippen LogP contribution in [0.25, 0.3) is 11.5 Å². The number of methoxy groups -OCH3 is 1. The normalized spacial score (nSPS) is 11.8. The van der Waals surface area contributed by atoms with Crippen molar-refractivity contribution in [2.24, 2.45) is 0 Å². The first-order chi connectivity index (χ1) is 8.50. The van der Waals surface area contributed by atoms with E-state index in [2.05, 4.69) is 4.98 Å². The molecule has 0 unspecified atom stereocenters. The molecule has 0 N–H and O–H groups in total. The molecule has 0 bridgehead atoms. The Bertz CT molecular complexity index is 534. The van der Waals surface area contributed by atoms with E-state index in [0.717, 1.165) is 12.1 Å². The lowest BCUT2D eigenvalue weighted by molar-refractivity contribution is -0.137. The molecular weight excluding hydrogens is 247 g/mol. The molecular formula is C12H10F3NO2. The third-order valence-electron chi connectivity index (χ3n) is 2.28. The molecule has 0 saturated heterocycles. The molecule has 2 rings (SSSR count). The van der Waals surface area contributed by atoms with Crippen LogP contribution in [0.3, 0.4) is 0 Å². The molecule has 1 heterocycles. The smallest absolute Gasteiger partial charge is 0.416 e. The highest BCUT2D eigenvalue weighted by Crippen LogP contribution is 2.31. The number of alkyl halides is 3. The molecule has 0 aliphatic heterocycles. The van der Waals surface area contributed by atoms with E-state index in [9.17, 15) is 13.2 Å². The summed E-state index contributed by atoms with van der Waals surface area (Å²) in [5.74, 6) is 0.146. The topological polar surface area (TPSA) is 35.3 Å². The quantitative estimate of drug-likeness (QED) is 0.844. The third-order valence-corrected chi connectivity index (χ3v) is 2.28. The van der Waals surface area contributed by atoms with Gasteiger partial charge < -0.3 is 9.15 Å². The van der Waals surface area contributed by atoms with E-state index in [1.165, 1.54) is 25.5 Å². The van der Waals surface area contributed by atoms with Gasteiger partial charge in [-0.25, -0.2) is 4.98 Å². The summed E-state index contributed by atoms with van der Waals surface area (Å²) in [5.41, 5.74) is 0.0866. The first kappa shape index (κ1) is 12.6. The molecule has 1 aromatic carbocycles. The van der Waals surface area contributed by atoms with Crippen molar-refractivity contribution in [3.63, 3.8) is 0 Å². The molecule has 0 radical (unpaired) electrons. The Morgan fingerprint density at radius 2 is 2.11 bits per heavy atom. The standard InChI is InChI=1S/C12H10F3NO2/c1-17-6-10-7-18-11(16-10)8-3-2-4-9(5-8)12(13,14)15/h2-5,7H,6H2,1H3. The van der Waals surface area contributed by atoms with Crippen molar-refractivity contribution in [2.75, 3.05) is 7.11 Å². The van der Waals surface area contributed by atoms with E-state index in [0.29, 0.717) is 5.69 Å². The minimum absolute atomic E-state index is 0.146. The van der Waals surface area contributed by atoms with E-state index >= 15 is 0 Å². The van der Waals surface area contributed by atoms with Crippen LogP contribution in [0.4, 0.5) is 13.2 Å². The number of aromatic nitrogens is 1. The van der Waals surface area contributed by atoms with Gasteiger partial charge in [0.1, 0.15) is 12.0 Å². The molecule has 0 fully saturated rings. The van der Waals surface area contributed by atoms with Gasteiger partial charge in [-0.2, -0.15) is 13.2 Å². The van der Waals surface area contributed by atoms with E-state index < -0.39 is 11.7 Å². The second kappa shape index (κ2) is 4.81. The summed E-state index contributed by atoms with van der Waals surface area (Å²) in [6.07, 6.45) is -3.02. The Hall–Kier alpha value is -1.82. The van der Waals surface area contributed by atoms with Gasteiger partial charge in [-0.05, 0) is 18.2 Å². The van der Waals surface area contributed by atoms with E-state index in [1.807, 2.05) is 0 Å². The van der Waals surface area contributed by atoms with Gasteiger partial charge in [0.2, 0.25) is 5.89 Å². The Morgan fingerprint density at radius 3 is 2.78 bits per heavy atom. The van der Waals surface area contributed by atoms with Crippen LogP contribution < -0.4 is 0 Å². The van der Waals surface area contributed by atoms with Crippen LogP contribution in [0.15, 0.2) is 34.9 Å². The molecule has 0 aliphatic carbocycles. The Kier molecular flexibility index (Phi) is 3.38. The van der Waals surface area contributed by atoms with Gasteiger partial charge in [-0.15, -0.1) is 0 Å². The van der Waals surface area contributed by atoms with Gasteiger partial charge >= 0.3 is 6.18 Å². The SMILES string of the molecule is COCc1coc(-c2cccc(C(F)(F)F)c2)n1. The summed E-state index contributed by atoms with van der Waals surface area (Å²) < 4.78 is 47.6. The molecule has 18 heavy (non-hydrogen) atoms. The van der Waals surface area contributed by atoms with Crippen molar-refractivity contribution in [3.8, 4) is 11.5 Å². The van der Waals surface area contributed by atoms with Crippen LogP contribution >= 0.6 is 0 Å². The molecule has 0 spiro atoms. The highest BCUT2D eigenvalue weighted by Gasteiger charge is 2.30. The summed E-state index contributed by atoms with van der Waals surface area (Å²) in [7, 11) is 1.50. The minimum atomic E-state index is -4.38. The van der Waals surface area contributed by atoms with Crippen molar-refractivity contribution < 1.29 is 22.3 Å². The lowest BCUT2D eigenvalue weighted by Gasteiger charge is -2.06. The van der Waals surface area contributed by atoms with Gasteiger partial charge in [-0.3, -0.25) is 0 Å². The van der Waals surface area contributed by atoms with Crippen molar-refractivity contribution in [1.82, 2.24) is 4.98 Å². The maximum Gasteiger partial charge on any atom is 0.416 e. The zero-order valence-corrected chi connectivity index (χ0v) is 9.49. The zero-order valence-electron chi connectivity index (χ0n) is 9.49. The molecule has 96 valence electrons. The largest absolute Gasteiger partial charge is 0.444 e. The van der Waals surface area contributed by atoms with Gasteiger partial charge in [-0.1, -0.05) is 6.07 Å². The average molecular weight is 257 g/mol. The number of hydrogen-bond acceptors (Lipinski definition) is 3. The summed E-state index contributed by atoms with van der Waals surface area (Å²) in [5, 5.41) is 0. The van der Waals surface area contributed by atoms with Crippen LogP contribution in [0, 0.1) is 0 Å². The van der Waals surface area contributed by atoms with Crippen molar-refractivity contribution >= 4 is 0 Å². The second-order valence-corrected chi connectivity index (χ2v) is 3.66. The second-order valence-electron chi connectivity index (χ2n) is 3.66. The lowest BCUT2D eigenvalue weighted by Crippen LogP contribution is -2.04. The predicted octanol–water partition coefficient (Wildman–Crippen LogP) is 3.51. The molecule has 6 heteroatoms. The number of benzene rings is 1. The fourth-order valence-electron chi connectivity index (χ4n) is 1.48. The molecule has 2 aromatic rings. The lowest BCUT2D eigenvalue weighted by atomic mass is 10.1.